The van der Waals surface area contributed by atoms with Crippen molar-refractivity contribution in [2.45, 2.75) is 39.0 Å². The molecule has 0 amide bonds. The Labute approximate surface area is 118 Å². The van der Waals surface area contributed by atoms with E-state index < -0.39 is 6.10 Å². The Kier molecular flexibility index (Phi) is 4.93. The maximum absolute atomic E-state index is 12.8. The van der Waals surface area contributed by atoms with E-state index in [1.807, 2.05) is 26.0 Å². The minimum Gasteiger partial charge on any atom is -0.465 e. The van der Waals surface area contributed by atoms with Gasteiger partial charge in [0.2, 0.25) is 0 Å². The smallest absolute Gasteiger partial charge is 0.123 e. The maximum Gasteiger partial charge on any atom is 0.123 e. The van der Waals surface area contributed by atoms with Crippen molar-refractivity contribution in [2.24, 2.45) is 0 Å². The van der Waals surface area contributed by atoms with Gasteiger partial charge in [-0.1, -0.05) is 12.1 Å². The van der Waals surface area contributed by atoms with Crippen LogP contribution < -0.4 is 5.32 Å². The number of furan rings is 1. The van der Waals surface area contributed by atoms with Crippen molar-refractivity contribution in [2.75, 3.05) is 0 Å². The molecule has 0 bridgehead atoms. The van der Waals surface area contributed by atoms with Crippen LogP contribution in [0.1, 0.15) is 36.5 Å². The SMILES string of the molecule is Cc1ccc(CN[C@@H](C)C[C@H](O)c2ccc(F)cc2)o1. The quantitative estimate of drug-likeness (QED) is 0.851. The molecular weight excluding hydrogens is 257 g/mol. The van der Waals surface area contributed by atoms with Gasteiger partial charge in [0.1, 0.15) is 17.3 Å². The van der Waals surface area contributed by atoms with Gasteiger partial charge in [-0.3, -0.25) is 0 Å². The molecular formula is C16H20FNO2. The first kappa shape index (κ1) is 14.8. The van der Waals surface area contributed by atoms with Crippen molar-refractivity contribution in [1.82, 2.24) is 5.32 Å². The number of rotatable bonds is 6. The fourth-order valence-electron chi connectivity index (χ4n) is 2.09. The zero-order valence-corrected chi connectivity index (χ0v) is 11.8. The number of hydrogen-bond donors (Lipinski definition) is 2. The fraction of sp³-hybridized carbons (Fsp3) is 0.375. The topological polar surface area (TPSA) is 45.4 Å². The number of aliphatic hydroxyl groups is 1. The highest BCUT2D eigenvalue weighted by Crippen LogP contribution is 2.18. The summed E-state index contributed by atoms with van der Waals surface area (Å²) in [5.41, 5.74) is 0.730. The Hall–Kier alpha value is -1.65. The van der Waals surface area contributed by atoms with Gasteiger partial charge in [-0.25, -0.2) is 4.39 Å². The molecule has 108 valence electrons. The van der Waals surface area contributed by atoms with Crippen LogP contribution in [-0.2, 0) is 6.54 Å². The van der Waals surface area contributed by atoms with Crippen LogP contribution in [0.4, 0.5) is 4.39 Å². The van der Waals surface area contributed by atoms with Crippen molar-refractivity contribution < 1.29 is 13.9 Å². The van der Waals surface area contributed by atoms with Gasteiger partial charge in [0.05, 0.1) is 12.6 Å². The van der Waals surface area contributed by atoms with E-state index in [4.69, 9.17) is 4.42 Å². The molecule has 0 fully saturated rings. The van der Waals surface area contributed by atoms with E-state index in [1.54, 1.807) is 12.1 Å². The Morgan fingerprint density at radius 2 is 1.90 bits per heavy atom. The van der Waals surface area contributed by atoms with E-state index in [2.05, 4.69) is 5.32 Å². The molecule has 0 aliphatic carbocycles. The number of hydrogen-bond acceptors (Lipinski definition) is 3. The van der Waals surface area contributed by atoms with Crippen molar-refractivity contribution >= 4 is 0 Å². The average Bonchev–Trinajstić information content (AvgIpc) is 2.83. The Morgan fingerprint density at radius 3 is 2.50 bits per heavy atom. The van der Waals surface area contributed by atoms with Crippen LogP contribution >= 0.6 is 0 Å². The van der Waals surface area contributed by atoms with E-state index in [9.17, 15) is 9.50 Å². The summed E-state index contributed by atoms with van der Waals surface area (Å²) in [6.45, 7) is 4.54. The van der Waals surface area contributed by atoms with E-state index in [0.717, 1.165) is 17.1 Å². The predicted octanol–water partition coefficient (Wildman–Crippen LogP) is 3.33. The summed E-state index contributed by atoms with van der Waals surface area (Å²) in [5.74, 6) is 1.48. The molecule has 0 aliphatic heterocycles. The van der Waals surface area contributed by atoms with Crippen molar-refractivity contribution in [3.8, 4) is 0 Å². The standard InChI is InChI=1S/C16H20FNO2/c1-11(18-10-15-8-3-12(2)20-15)9-16(19)13-4-6-14(17)7-5-13/h3-8,11,16,18-19H,9-10H2,1-2H3/t11-,16-/m0/s1. The highest BCUT2D eigenvalue weighted by Gasteiger charge is 2.12. The van der Waals surface area contributed by atoms with Gasteiger partial charge >= 0.3 is 0 Å². The zero-order chi connectivity index (χ0) is 14.5. The summed E-state index contributed by atoms with van der Waals surface area (Å²) in [6, 6.07) is 9.94. The van der Waals surface area contributed by atoms with Gasteiger partial charge in [0, 0.05) is 6.04 Å². The highest BCUT2D eigenvalue weighted by atomic mass is 19.1. The van der Waals surface area contributed by atoms with Gasteiger partial charge < -0.3 is 14.8 Å². The zero-order valence-electron chi connectivity index (χ0n) is 11.8. The molecule has 2 atom stereocenters. The second kappa shape index (κ2) is 6.68. The van der Waals surface area contributed by atoms with Crippen LogP contribution in [0.3, 0.4) is 0 Å². The molecule has 20 heavy (non-hydrogen) atoms. The van der Waals surface area contributed by atoms with Crippen LogP contribution in [-0.4, -0.2) is 11.1 Å². The van der Waals surface area contributed by atoms with Crippen molar-refractivity contribution in [3.63, 3.8) is 0 Å². The lowest BCUT2D eigenvalue weighted by molar-refractivity contribution is 0.153. The van der Waals surface area contributed by atoms with Crippen molar-refractivity contribution in [3.05, 3.63) is 59.3 Å². The first-order valence-corrected chi connectivity index (χ1v) is 6.77. The minimum absolute atomic E-state index is 0.125. The normalized spacial score (nSPS) is 14.2. The van der Waals surface area contributed by atoms with Crippen LogP contribution in [0.5, 0.6) is 0 Å². The van der Waals surface area contributed by atoms with Gasteiger partial charge in [-0.2, -0.15) is 0 Å². The second-order valence-electron chi connectivity index (χ2n) is 5.10. The number of benzene rings is 1. The Bertz CT molecular complexity index is 536. The van der Waals surface area contributed by atoms with Crippen molar-refractivity contribution in [1.29, 1.82) is 0 Å². The fourth-order valence-corrected chi connectivity index (χ4v) is 2.09. The van der Waals surface area contributed by atoms with Crippen LogP contribution in [0, 0.1) is 12.7 Å². The lowest BCUT2D eigenvalue weighted by Gasteiger charge is -2.17. The Morgan fingerprint density at radius 1 is 1.20 bits per heavy atom. The first-order valence-electron chi connectivity index (χ1n) is 6.77. The number of halogens is 1. The third kappa shape index (κ3) is 4.18. The number of aryl methyl sites for hydroxylation is 1. The summed E-state index contributed by atoms with van der Waals surface area (Å²) in [5, 5.41) is 13.4. The van der Waals surface area contributed by atoms with Gasteiger partial charge in [-0.15, -0.1) is 0 Å². The van der Waals surface area contributed by atoms with E-state index >= 15 is 0 Å². The molecule has 0 aliphatic rings. The van der Waals surface area contributed by atoms with Crippen LogP contribution in [0.2, 0.25) is 0 Å². The molecule has 0 spiro atoms. The summed E-state index contributed by atoms with van der Waals surface area (Å²) < 4.78 is 18.3. The van der Waals surface area contributed by atoms with E-state index in [-0.39, 0.29) is 11.9 Å². The molecule has 0 saturated carbocycles. The highest BCUT2D eigenvalue weighted by molar-refractivity contribution is 5.18. The Balaban J connectivity index is 1.81. The summed E-state index contributed by atoms with van der Waals surface area (Å²) in [6.07, 6.45) is -0.0397. The summed E-state index contributed by atoms with van der Waals surface area (Å²) >= 11 is 0. The molecule has 0 radical (unpaired) electrons. The monoisotopic (exact) mass is 277 g/mol. The third-order valence-electron chi connectivity index (χ3n) is 3.25. The average molecular weight is 277 g/mol. The molecule has 3 nitrogen and oxygen atoms in total. The molecule has 1 aromatic carbocycles. The van der Waals surface area contributed by atoms with Gasteiger partial charge in [0.25, 0.3) is 0 Å². The number of aliphatic hydroxyl groups excluding tert-OH is 1. The molecule has 1 aromatic heterocycles. The summed E-state index contributed by atoms with van der Waals surface area (Å²) in [4.78, 5) is 0. The minimum atomic E-state index is -0.601. The predicted molar refractivity (Wildman–Crippen MR) is 75.7 cm³/mol. The van der Waals surface area contributed by atoms with Gasteiger partial charge in [-0.05, 0) is 50.1 Å². The second-order valence-corrected chi connectivity index (χ2v) is 5.10. The molecule has 1 heterocycles. The van der Waals surface area contributed by atoms with E-state index in [0.29, 0.717) is 13.0 Å². The molecule has 0 unspecified atom stereocenters. The van der Waals surface area contributed by atoms with Gasteiger partial charge in [0.15, 0.2) is 0 Å². The summed E-state index contributed by atoms with van der Waals surface area (Å²) in [7, 11) is 0. The van der Waals surface area contributed by atoms with Crippen LogP contribution in [0.25, 0.3) is 0 Å². The largest absolute Gasteiger partial charge is 0.465 e. The molecule has 4 heteroatoms. The van der Waals surface area contributed by atoms with E-state index in [1.165, 1.54) is 12.1 Å². The van der Waals surface area contributed by atoms with Crippen LogP contribution in [0.15, 0.2) is 40.8 Å². The lowest BCUT2D eigenvalue weighted by Crippen LogP contribution is -2.27. The maximum atomic E-state index is 12.8. The molecule has 2 rings (SSSR count). The molecule has 2 aromatic rings. The lowest BCUT2D eigenvalue weighted by atomic mass is 10.0. The third-order valence-corrected chi connectivity index (χ3v) is 3.25. The molecule has 2 N–H and O–H groups in total. The number of nitrogens with one attached hydrogen (secondary N) is 1. The first-order chi connectivity index (χ1) is 9.54. The molecule has 0 saturated heterocycles.